The fourth-order valence-electron chi connectivity index (χ4n) is 2.30. The number of hydrogen-bond acceptors (Lipinski definition) is 6. The highest BCUT2D eigenvalue weighted by Crippen LogP contribution is 2.24. The van der Waals surface area contributed by atoms with Crippen LogP contribution < -0.4 is 11.2 Å². The number of carbonyl (C=O) groups excluding carboxylic acids is 1. The van der Waals surface area contributed by atoms with Gasteiger partial charge >= 0.3 is 0 Å². The summed E-state index contributed by atoms with van der Waals surface area (Å²) in [6.45, 7) is 5.29. The average molecular weight is 326 g/mol. The van der Waals surface area contributed by atoms with E-state index >= 15 is 0 Å². The van der Waals surface area contributed by atoms with Crippen LogP contribution in [-0.4, -0.2) is 41.6 Å². The molecule has 3 N–H and O–H groups in total. The van der Waals surface area contributed by atoms with Crippen molar-refractivity contribution in [2.45, 2.75) is 19.4 Å². The van der Waals surface area contributed by atoms with Crippen molar-refractivity contribution in [1.82, 2.24) is 20.3 Å². The Labute approximate surface area is 141 Å². The molecule has 0 radical (unpaired) electrons. The number of nitrogens with one attached hydrogen (secondary N) is 1. The molecule has 1 aromatic rings. The number of anilines is 1. The van der Waals surface area contributed by atoms with Crippen LogP contribution in [-0.2, 0) is 4.79 Å². The van der Waals surface area contributed by atoms with Gasteiger partial charge in [-0.25, -0.2) is 9.97 Å². The molecule has 1 aromatic heterocycles. The molecule has 0 aliphatic heterocycles. The smallest absolute Gasteiger partial charge is 0.253 e. The molecule has 1 aliphatic carbocycles. The number of carbonyl (C=O) groups is 1. The lowest BCUT2D eigenvalue weighted by molar-refractivity contribution is -0.124. The maximum absolute atomic E-state index is 12.1. The van der Waals surface area contributed by atoms with Gasteiger partial charge < -0.3 is 16.1 Å². The topological polar surface area (TPSA) is 96.5 Å². The summed E-state index contributed by atoms with van der Waals surface area (Å²) in [5, 5.41) is 3.66. The Morgan fingerprint density at radius 2 is 2.21 bits per heavy atom. The minimum absolute atomic E-state index is 0.0392. The summed E-state index contributed by atoms with van der Waals surface area (Å²) in [4.78, 5) is 22.4. The summed E-state index contributed by atoms with van der Waals surface area (Å²) >= 11 is 0. The molecule has 7 heteroatoms. The summed E-state index contributed by atoms with van der Waals surface area (Å²) in [5.74, 6) is 0.314. The van der Waals surface area contributed by atoms with E-state index in [1.165, 1.54) is 0 Å². The normalized spacial score (nSPS) is 15.0. The second kappa shape index (κ2) is 7.54. The molecule has 24 heavy (non-hydrogen) atoms. The highest BCUT2D eigenvalue weighted by Gasteiger charge is 2.15. The first-order valence-corrected chi connectivity index (χ1v) is 7.57. The molecule has 1 amide bonds. The Morgan fingerprint density at radius 1 is 1.46 bits per heavy atom. The van der Waals surface area contributed by atoms with Crippen molar-refractivity contribution in [3.05, 3.63) is 47.5 Å². The summed E-state index contributed by atoms with van der Waals surface area (Å²) in [6.07, 6.45) is 9.75. The van der Waals surface area contributed by atoms with Gasteiger partial charge in [-0.3, -0.25) is 4.79 Å². The number of nitrogen functional groups attached to an aromatic ring is 1. The van der Waals surface area contributed by atoms with Gasteiger partial charge in [-0.05, 0) is 25.0 Å². The summed E-state index contributed by atoms with van der Waals surface area (Å²) in [5.41, 5.74) is 11.6. The van der Waals surface area contributed by atoms with Crippen LogP contribution >= 0.6 is 0 Å². The number of nitrogens with zero attached hydrogens (tertiary/aromatic N) is 4. The van der Waals surface area contributed by atoms with E-state index in [0.29, 0.717) is 23.5 Å². The van der Waals surface area contributed by atoms with Crippen molar-refractivity contribution in [2.75, 3.05) is 19.8 Å². The van der Waals surface area contributed by atoms with Gasteiger partial charge in [-0.1, -0.05) is 18.2 Å². The van der Waals surface area contributed by atoms with Crippen LogP contribution in [0, 0.1) is 0 Å². The SMILES string of the molecule is C=NNC(C)c1nc(C2=CC=C(C(=O)N(C)C)C=CC2)cnc1N. The first-order chi connectivity index (χ1) is 11.4. The second-order valence-electron chi connectivity index (χ2n) is 5.65. The minimum Gasteiger partial charge on any atom is -0.382 e. The number of likely N-dealkylation sites (N-methyl/N-ethyl adjacent to an activating group) is 1. The Balaban J connectivity index is 2.35. The predicted molar refractivity (Wildman–Crippen MR) is 96.1 cm³/mol. The predicted octanol–water partition coefficient (Wildman–Crippen LogP) is 1.68. The van der Waals surface area contributed by atoms with Crippen LogP contribution in [0.2, 0.25) is 0 Å². The van der Waals surface area contributed by atoms with Gasteiger partial charge in [-0.15, -0.1) is 0 Å². The van der Waals surface area contributed by atoms with Crippen LogP contribution in [0.25, 0.3) is 5.57 Å². The molecular formula is C17H22N6O. The third-order valence-electron chi connectivity index (χ3n) is 3.61. The molecule has 7 nitrogen and oxygen atoms in total. The zero-order valence-electron chi connectivity index (χ0n) is 14.2. The van der Waals surface area contributed by atoms with Crippen molar-refractivity contribution >= 4 is 24.0 Å². The molecule has 1 atom stereocenters. The molecule has 0 fully saturated rings. The van der Waals surface area contributed by atoms with Crippen molar-refractivity contribution < 1.29 is 4.79 Å². The summed E-state index contributed by atoms with van der Waals surface area (Å²) in [7, 11) is 3.46. The first kappa shape index (κ1) is 17.4. The van der Waals surface area contributed by atoms with E-state index in [-0.39, 0.29) is 11.9 Å². The van der Waals surface area contributed by atoms with Crippen LogP contribution in [0.15, 0.2) is 41.2 Å². The van der Waals surface area contributed by atoms with Crippen LogP contribution in [0.1, 0.15) is 30.8 Å². The molecule has 0 bridgehead atoms. The number of aromatic nitrogens is 2. The third-order valence-corrected chi connectivity index (χ3v) is 3.61. The molecule has 1 unspecified atom stereocenters. The Kier molecular flexibility index (Phi) is 5.47. The lowest BCUT2D eigenvalue weighted by Crippen LogP contribution is -2.22. The van der Waals surface area contributed by atoms with Crippen molar-refractivity contribution in [3.63, 3.8) is 0 Å². The van der Waals surface area contributed by atoms with Crippen molar-refractivity contribution in [1.29, 1.82) is 0 Å². The van der Waals surface area contributed by atoms with Gasteiger partial charge in [-0.2, -0.15) is 5.10 Å². The zero-order valence-corrected chi connectivity index (χ0v) is 14.2. The number of allylic oxidation sites excluding steroid dienone is 4. The van der Waals surface area contributed by atoms with Gasteiger partial charge in [0.25, 0.3) is 5.91 Å². The van der Waals surface area contributed by atoms with Crippen LogP contribution in [0.4, 0.5) is 5.82 Å². The Hall–Kier alpha value is -2.96. The van der Waals surface area contributed by atoms with E-state index in [1.54, 1.807) is 31.3 Å². The number of nitrogens with two attached hydrogens (primary N) is 1. The molecule has 1 heterocycles. The average Bonchev–Trinajstić information content (AvgIpc) is 2.80. The van der Waals surface area contributed by atoms with E-state index < -0.39 is 0 Å². The Bertz CT molecular complexity index is 733. The molecule has 0 aromatic carbocycles. The lowest BCUT2D eigenvalue weighted by atomic mass is 10.1. The maximum Gasteiger partial charge on any atom is 0.253 e. The molecule has 0 saturated carbocycles. The van der Waals surface area contributed by atoms with E-state index in [2.05, 4.69) is 27.2 Å². The van der Waals surface area contributed by atoms with Crippen LogP contribution in [0.3, 0.4) is 0 Å². The quantitative estimate of drug-likeness (QED) is 0.634. The highest BCUT2D eigenvalue weighted by molar-refractivity contribution is 5.96. The van der Waals surface area contributed by atoms with Gasteiger partial charge in [0.2, 0.25) is 0 Å². The summed E-state index contributed by atoms with van der Waals surface area (Å²) in [6, 6.07) is -0.196. The van der Waals surface area contributed by atoms with Gasteiger partial charge in [0.05, 0.1) is 17.9 Å². The number of rotatable bonds is 5. The van der Waals surface area contributed by atoms with E-state index in [0.717, 1.165) is 11.3 Å². The highest BCUT2D eigenvalue weighted by atomic mass is 16.2. The van der Waals surface area contributed by atoms with Crippen molar-refractivity contribution in [2.24, 2.45) is 5.10 Å². The fraction of sp³-hybridized carbons (Fsp3) is 0.294. The first-order valence-electron chi connectivity index (χ1n) is 7.57. The summed E-state index contributed by atoms with van der Waals surface area (Å²) < 4.78 is 0. The second-order valence-corrected chi connectivity index (χ2v) is 5.65. The monoisotopic (exact) mass is 326 g/mol. The largest absolute Gasteiger partial charge is 0.382 e. The van der Waals surface area contributed by atoms with Gasteiger partial charge in [0.1, 0.15) is 11.5 Å². The molecule has 2 rings (SSSR count). The minimum atomic E-state index is -0.196. The van der Waals surface area contributed by atoms with Gasteiger partial charge in [0, 0.05) is 26.4 Å². The molecule has 0 saturated heterocycles. The van der Waals surface area contributed by atoms with Crippen LogP contribution in [0.5, 0.6) is 0 Å². The standard InChI is InChI=1S/C17H22N6O/c1-11(22-19-2)15-16(18)20-10-14(21-15)12-6-5-7-13(9-8-12)17(24)23(3)4/h5,7-11,22H,2,6H2,1,3-4H3,(H2,18,20). The number of hydrazone groups is 1. The Morgan fingerprint density at radius 3 is 2.88 bits per heavy atom. The maximum atomic E-state index is 12.1. The molecule has 0 spiro atoms. The van der Waals surface area contributed by atoms with E-state index in [4.69, 9.17) is 5.73 Å². The van der Waals surface area contributed by atoms with E-state index in [1.807, 2.05) is 25.2 Å². The number of hydrogen-bond donors (Lipinski definition) is 2. The van der Waals surface area contributed by atoms with Crippen molar-refractivity contribution in [3.8, 4) is 0 Å². The lowest BCUT2D eigenvalue weighted by Gasteiger charge is -2.14. The third kappa shape index (κ3) is 3.87. The fourth-order valence-corrected chi connectivity index (χ4v) is 2.30. The van der Waals surface area contributed by atoms with E-state index in [9.17, 15) is 4.79 Å². The molecular weight excluding hydrogens is 304 g/mol. The van der Waals surface area contributed by atoms with Gasteiger partial charge in [0.15, 0.2) is 0 Å². The molecule has 1 aliphatic rings. The zero-order chi connectivity index (χ0) is 17.7. The molecule has 126 valence electrons. The number of amides is 1.